The van der Waals surface area contributed by atoms with Crippen LogP contribution in [0.15, 0.2) is 46.9 Å². The van der Waals surface area contributed by atoms with Crippen molar-refractivity contribution in [2.45, 2.75) is 39.8 Å². The molecule has 2 rings (SSSR count). The first kappa shape index (κ1) is 27.1. The van der Waals surface area contributed by atoms with Crippen LogP contribution in [-0.4, -0.2) is 50.5 Å². The molecule has 0 bridgehead atoms. The van der Waals surface area contributed by atoms with Crippen LogP contribution in [0.2, 0.25) is 5.02 Å². The van der Waals surface area contributed by atoms with Gasteiger partial charge in [0.2, 0.25) is 21.8 Å². The van der Waals surface area contributed by atoms with E-state index in [2.05, 4.69) is 21.2 Å². The highest BCUT2D eigenvalue weighted by Gasteiger charge is 2.31. The zero-order chi connectivity index (χ0) is 24.8. The molecule has 1 N–H and O–H groups in total. The third-order valence-corrected chi connectivity index (χ3v) is 7.54. The van der Waals surface area contributed by atoms with Gasteiger partial charge in [-0.1, -0.05) is 52.7 Å². The molecule has 0 aliphatic carbocycles. The number of sulfonamides is 1. The maximum atomic E-state index is 13.5. The number of nitrogens with one attached hydrogen (secondary N) is 1. The quantitative estimate of drug-likeness (QED) is 0.475. The predicted molar refractivity (Wildman–Crippen MR) is 136 cm³/mol. The molecule has 2 aromatic carbocycles. The number of carbonyl (C=O) groups excluding carboxylic acids is 2. The fourth-order valence-electron chi connectivity index (χ4n) is 3.42. The molecule has 0 aromatic heterocycles. The van der Waals surface area contributed by atoms with Crippen molar-refractivity contribution in [3.8, 4) is 0 Å². The number of carbonyl (C=O) groups is 2. The van der Waals surface area contributed by atoms with Gasteiger partial charge in [0.1, 0.15) is 12.6 Å². The molecule has 0 radical (unpaired) electrons. The fraction of sp³-hybridized carbons (Fsp3) is 0.391. The van der Waals surface area contributed by atoms with Crippen LogP contribution in [0.3, 0.4) is 0 Å². The number of aryl methyl sites for hydroxylation is 1. The van der Waals surface area contributed by atoms with Crippen LogP contribution >= 0.6 is 27.5 Å². The molecule has 7 nitrogen and oxygen atoms in total. The van der Waals surface area contributed by atoms with Gasteiger partial charge in [-0.25, -0.2) is 8.42 Å². The summed E-state index contributed by atoms with van der Waals surface area (Å²) in [5.74, 6) is -0.801. The number of benzene rings is 2. The molecule has 0 spiro atoms. The van der Waals surface area contributed by atoms with Crippen molar-refractivity contribution < 1.29 is 18.0 Å². The largest absolute Gasteiger partial charge is 0.355 e. The van der Waals surface area contributed by atoms with E-state index in [0.29, 0.717) is 29.2 Å². The van der Waals surface area contributed by atoms with Crippen LogP contribution in [0, 0.1) is 6.92 Å². The van der Waals surface area contributed by atoms with Crippen molar-refractivity contribution in [3.05, 3.63) is 63.1 Å². The van der Waals surface area contributed by atoms with E-state index in [1.165, 1.54) is 4.90 Å². The Bertz CT molecular complexity index is 1110. The molecule has 0 fully saturated rings. The third kappa shape index (κ3) is 7.19. The number of halogens is 2. The van der Waals surface area contributed by atoms with Gasteiger partial charge in [0, 0.05) is 22.6 Å². The summed E-state index contributed by atoms with van der Waals surface area (Å²) in [5, 5.41) is 3.22. The number of amides is 2. The second kappa shape index (κ2) is 11.9. The van der Waals surface area contributed by atoms with Gasteiger partial charge in [0.25, 0.3) is 0 Å². The molecule has 33 heavy (non-hydrogen) atoms. The topological polar surface area (TPSA) is 86.8 Å². The normalized spacial score (nSPS) is 12.2. The Kier molecular flexibility index (Phi) is 9.75. The lowest BCUT2D eigenvalue weighted by atomic mass is 10.1. The highest BCUT2D eigenvalue weighted by molar-refractivity contribution is 9.10. The number of rotatable bonds is 10. The van der Waals surface area contributed by atoms with Crippen LogP contribution < -0.4 is 9.62 Å². The van der Waals surface area contributed by atoms with Gasteiger partial charge in [-0.3, -0.25) is 13.9 Å². The first-order chi connectivity index (χ1) is 15.5. The lowest BCUT2D eigenvalue weighted by Gasteiger charge is -2.33. The number of hydrogen-bond donors (Lipinski definition) is 1. The Morgan fingerprint density at radius 3 is 2.36 bits per heavy atom. The van der Waals surface area contributed by atoms with Crippen LogP contribution in [0.5, 0.6) is 0 Å². The maximum Gasteiger partial charge on any atom is 0.244 e. The molecule has 180 valence electrons. The SMILES string of the molecule is CCNC(=O)C(CC)N(Cc1ccccc1Cl)C(=O)CN(c1ccc(Br)c(C)c1)S(C)(=O)=O. The highest BCUT2D eigenvalue weighted by atomic mass is 79.9. The number of hydrogen-bond acceptors (Lipinski definition) is 4. The Morgan fingerprint density at radius 1 is 1.15 bits per heavy atom. The molecule has 1 atom stereocenters. The van der Waals surface area contributed by atoms with Gasteiger partial charge in [-0.15, -0.1) is 0 Å². The van der Waals surface area contributed by atoms with E-state index in [1.807, 2.05) is 6.92 Å². The van der Waals surface area contributed by atoms with Gasteiger partial charge in [0.15, 0.2) is 0 Å². The summed E-state index contributed by atoms with van der Waals surface area (Å²) in [7, 11) is -3.78. The molecule has 0 saturated carbocycles. The van der Waals surface area contributed by atoms with E-state index < -0.39 is 28.5 Å². The van der Waals surface area contributed by atoms with E-state index in [-0.39, 0.29) is 12.5 Å². The highest BCUT2D eigenvalue weighted by Crippen LogP contribution is 2.26. The second-order valence-corrected chi connectivity index (χ2v) is 10.8. The van der Waals surface area contributed by atoms with Crippen molar-refractivity contribution in [3.63, 3.8) is 0 Å². The van der Waals surface area contributed by atoms with Crippen LogP contribution in [-0.2, 0) is 26.2 Å². The lowest BCUT2D eigenvalue weighted by molar-refractivity contribution is -0.140. The summed E-state index contributed by atoms with van der Waals surface area (Å²) in [6.07, 6.45) is 1.41. The van der Waals surface area contributed by atoms with Gasteiger partial charge >= 0.3 is 0 Å². The summed E-state index contributed by atoms with van der Waals surface area (Å²) >= 11 is 9.72. The van der Waals surface area contributed by atoms with Crippen LogP contribution in [0.4, 0.5) is 5.69 Å². The third-order valence-electron chi connectivity index (χ3n) is 5.14. The molecule has 1 unspecified atom stereocenters. The standard InChI is InChI=1S/C23H29BrClN3O4S/c1-5-21(23(30)26-6-2)27(14-17-9-7-8-10-20(17)25)22(29)15-28(33(4,31)32)18-11-12-19(24)16(3)13-18/h7-13,21H,5-6,14-15H2,1-4H3,(H,26,30). The Hall–Kier alpha value is -2.10. The van der Waals surface area contributed by atoms with Crippen molar-refractivity contribution in [1.82, 2.24) is 10.2 Å². The molecule has 0 saturated heterocycles. The monoisotopic (exact) mass is 557 g/mol. The molecule has 10 heteroatoms. The van der Waals surface area contributed by atoms with Crippen molar-refractivity contribution in [2.75, 3.05) is 23.7 Å². The van der Waals surface area contributed by atoms with Crippen molar-refractivity contribution >= 4 is 55.1 Å². The molecule has 0 heterocycles. The smallest absolute Gasteiger partial charge is 0.244 e. The number of likely N-dealkylation sites (N-methyl/N-ethyl adjacent to an activating group) is 1. The summed E-state index contributed by atoms with van der Waals surface area (Å²) in [5.41, 5.74) is 1.87. The second-order valence-electron chi connectivity index (χ2n) is 7.63. The minimum absolute atomic E-state index is 0.0745. The minimum Gasteiger partial charge on any atom is -0.355 e. The zero-order valence-corrected chi connectivity index (χ0v) is 22.3. The van der Waals surface area contributed by atoms with Crippen LogP contribution in [0.1, 0.15) is 31.4 Å². The van der Waals surface area contributed by atoms with Crippen molar-refractivity contribution in [1.29, 1.82) is 0 Å². The summed E-state index contributed by atoms with van der Waals surface area (Å²) < 4.78 is 27.1. The molecular formula is C23H29BrClN3O4S. The van der Waals surface area contributed by atoms with Gasteiger partial charge < -0.3 is 10.2 Å². The first-order valence-electron chi connectivity index (χ1n) is 10.5. The van der Waals surface area contributed by atoms with Gasteiger partial charge in [-0.05, 0) is 55.7 Å². The van der Waals surface area contributed by atoms with Gasteiger partial charge in [0.05, 0.1) is 11.9 Å². The molecular weight excluding hydrogens is 530 g/mol. The van der Waals surface area contributed by atoms with Gasteiger partial charge in [-0.2, -0.15) is 0 Å². The maximum absolute atomic E-state index is 13.5. The van der Waals surface area contributed by atoms with E-state index >= 15 is 0 Å². The van der Waals surface area contributed by atoms with E-state index in [0.717, 1.165) is 20.6 Å². The molecule has 2 aromatic rings. The van der Waals surface area contributed by atoms with Crippen molar-refractivity contribution in [2.24, 2.45) is 0 Å². The zero-order valence-electron chi connectivity index (χ0n) is 19.1. The average Bonchev–Trinajstić information content (AvgIpc) is 2.74. The summed E-state index contributed by atoms with van der Waals surface area (Å²) in [6.45, 7) is 5.48. The molecule has 0 aliphatic heterocycles. The molecule has 0 aliphatic rings. The summed E-state index contributed by atoms with van der Waals surface area (Å²) in [6, 6.07) is 11.3. The fourth-order valence-corrected chi connectivity index (χ4v) is 4.70. The van der Waals surface area contributed by atoms with Crippen LogP contribution in [0.25, 0.3) is 0 Å². The van der Waals surface area contributed by atoms with E-state index in [1.54, 1.807) is 56.3 Å². The number of nitrogens with zero attached hydrogens (tertiary/aromatic N) is 2. The Balaban J connectivity index is 2.47. The average molecular weight is 559 g/mol. The van der Waals surface area contributed by atoms with E-state index in [4.69, 9.17) is 11.6 Å². The Labute approximate surface area is 209 Å². The Morgan fingerprint density at radius 2 is 1.82 bits per heavy atom. The van der Waals surface area contributed by atoms with E-state index in [9.17, 15) is 18.0 Å². The predicted octanol–water partition coefficient (Wildman–Crippen LogP) is 4.12. The summed E-state index contributed by atoms with van der Waals surface area (Å²) in [4.78, 5) is 27.7. The first-order valence-corrected chi connectivity index (χ1v) is 13.6. The lowest BCUT2D eigenvalue weighted by Crippen LogP contribution is -2.52. The minimum atomic E-state index is -3.78. The number of anilines is 1. The molecule has 2 amide bonds.